The Balaban J connectivity index is 2.08. The predicted molar refractivity (Wildman–Crippen MR) is 54.9 cm³/mol. The van der Waals surface area contributed by atoms with Crippen molar-refractivity contribution >= 4 is 5.91 Å². The van der Waals surface area contributed by atoms with E-state index in [4.69, 9.17) is 10.5 Å². The highest BCUT2D eigenvalue weighted by Crippen LogP contribution is 2.11. The number of hydrogen-bond acceptors (Lipinski definition) is 3. The van der Waals surface area contributed by atoms with E-state index in [1.54, 1.807) is 0 Å². The van der Waals surface area contributed by atoms with Crippen molar-refractivity contribution in [3.05, 3.63) is 0 Å². The summed E-state index contributed by atoms with van der Waals surface area (Å²) in [6.45, 7) is 3.42. The molecule has 0 saturated carbocycles. The smallest absolute Gasteiger partial charge is 0.249 e. The van der Waals surface area contributed by atoms with Crippen LogP contribution in [0.15, 0.2) is 0 Å². The van der Waals surface area contributed by atoms with Crippen molar-refractivity contribution in [2.45, 2.75) is 44.8 Å². The summed E-state index contributed by atoms with van der Waals surface area (Å²) in [6, 6.07) is 0.194. The molecular formula is C10H20N2O2. The molecular weight excluding hydrogens is 180 g/mol. The molecule has 0 aliphatic carbocycles. The van der Waals surface area contributed by atoms with E-state index >= 15 is 0 Å². The van der Waals surface area contributed by atoms with E-state index in [-0.39, 0.29) is 18.1 Å². The SMILES string of the molecule is CCC(N)CCNC(=O)C1CCCO1. The van der Waals surface area contributed by atoms with Crippen LogP contribution in [0.25, 0.3) is 0 Å². The van der Waals surface area contributed by atoms with E-state index in [0.29, 0.717) is 13.2 Å². The van der Waals surface area contributed by atoms with Gasteiger partial charge >= 0.3 is 0 Å². The predicted octanol–water partition coefficient (Wildman–Crippen LogP) is 0.409. The lowest BCUT2D eigenvalue weighted by Crippen LogP contribution is -2.36. The van der Waals surface area contributed by atoms with Crippen molar-refractivity contribution in [2.75, 3.05) is 13.2 Å². The number of hydrogen-bond donors (Lipinski definition) is 2. The van der Waals surface area contributed by atoms with Gasteiger partial charge in [-0.15, -0.1) is 0 Å². The van der Waals surface area contributed by atoms with E-state index in [1.165, 1.54) is 0 Å². The molecule has 2 atom stereocenters. The maximum absolute atomic E-state index is 11.4. The van der Waals surface area contributed by atoms with Crippen LogP contribution in [0.5, 0.6) is 0 Å². The largest absolute Gasteiger partial charge is 0.368 e. The van der Waals surface area contributed by atoms with Gasteiger partial charge in [0.25, 0.3) is 0 Å². The molecule has 2 unspecified atom stereocenters. The van der Waals surface area contributed by atoms with Gasteiger partial charge in [0.1, 0.15) is 6.10 Å². The van der Waals surface area contributed by atoms with Crippen LogP contribution in [-0.4, -0.2) is 31.2 Å². The second-order valence-electron chi connectivity index (χ2n) is 3.75. The Morgan fingerprint density at radius 1 is 1.71 bits per heavy atom. The van der Waals surface area contributed by atoms with E-state index in [0.717, 1.165) is 25.7 Å². The summed E-state index contributed by atoms with van der Waals surface area (Å²) in [5.74, 6) is 0.0193. The molecule has 3 N–H and O–H groups in total. The zero-order valence-corrected chi connectivity index (χ0v) is 8.79. The third kappa shape index (κ3) is 3.64. The first-order valence-corrected chi connectivity index (χ1v) is 5.39. The lowest BCUT2D eigenvalue weighted by Gasteiger charge is -2.12. The molecule has 4 nitrogen and oxygen atoms in total. The number of nitrogens with one attached hydrogen (secondary N) is 1. The Bertz CT molecular complexity index is 179. The van der Waals surface area contributed by atoms with Gasteiger partial charge in [0.2, 0.25) is 5.91 Å². The Morgan fingerprint density at radius 3 is 3.07 bits per heavy atom. The van der Waals surface area contributed by atoms with Gasteiger partial charge in [0.15, 0.2) is 0 Å². The summed E-state index contributed by atoms with van der Waals surface area (Å²) >= 11 is 0. The molecule has 0 bridgehead atoms. The van der Waals surface area contributed by atoms with Crippen LogP contribution >= 0.6 is 0 Å². The molecule has 0 aromatic heterocycles. The van der Waals surface area contributed by atoms with Gasteiger partial charge in [-0.25, -0.2) is 0 Å². The average molecular weight is 200 g/mol. The van der Waals surface area contributed by atoms with Crippen molar-refractivity contribution in [2.24, 2.45) is 5.73 Å². The fourth-order valence-electron chi connectivity index (χ4n) is 1.48. The molecule has 1 aliphatic heterocycles. The molecule has 1 heterocycles. The summed E-state index contributed by atoms with van der Waals surface area (Å²) in [7, 11) is 0. The first-order valence-electron chi connectivity index (χ1n) is 5.39. The number of ether oxygens (including phenoxy) is 1. The molecule has 1 amide bonds. The van der Waals surface area contributed by atoms with Crippen LogP contribution < -0.4 is 11.1 Å². The minimum absolute atomic E-state index is 0.0193. The van der Waals surface area contributed by atoms with E-state index in [2.05, 4.69) is 5.32 Å². The van der Waals surface area contributed by atoms with E-state index in [9.17, 15) is 4.79 Å². The minimum atomic E-state index is -0.215. The third-order valence-corrected chi connectivity index (χ3v) is 2.56. The van der Waals surface area contributed by atoms with Crippen molar-refractivity contribution in [1.29, 1.82) is 0 Å². The zero-order chi connectivity index (χ0) is 10.4. The van der Waals surface area contributed by atoms with Gasteiger partial charge in [0.05, 0.1) is 0 Å². The molecule has 1 saturated heterocycles. The molecule has 1 fully saturated rings. The third-order valence-electron chi connectivity index (χ3n) is 2.56. The molecule has 1 rings (SSSR count). The highest BCUT2D eigenvalue weighted by Gasteiger charge is 2.22. The quantitative estimate of drug-likeness (QED) is 0.675. The number of carbonyl (C=O) groups is 1. The van der Waals surface area contributed by atoms with Crippen LogP contribution in [0.4, 0.5) is 0 Å². The Hall–Kier alpha value is -0.610. The van der Waals surface area contributed by atoms with Gasteiger partial charge in [0, 0.05) is 19.2 Å². The number of carbonyl (C=O) groups excluding carboxylic acids is 1. The Labute approximate surface area is 85.2 Å². The van der Waals surface area contributed by atoms with Crippen LogP contribution in [0.3, 0.4) is 0 Å². The molecule has 1 aliphatic rings. The van der Waals surface area contributed by atoms with Gasteiger partial charge in [-0.1, -0.05) is 6.92 Å². The Kier molecular flexibility index (Phi) is 4.90. The monoisotopic (exact) mass is 200 g/mol. The summed E-state index contributed by atoms with van der Waals surface area (Å²) in [5.41, 5.74) is 5.73. The topological polar surface area (TPSA) is 64.3 Å². The Morgan fingerprint density at radius 2 is 2.50 bits per heavy atom. The van der Waals surface area contributed by atoms with E-state index < -0.39 is 0 Å². The molecule has 82 valence electrons. The zero-order valence-electron chi connectivity index (χ0n) is 8.79. The van der Waals surface area contributed by atoms with Gasteiger partial charge < -0.3 is 15.8 Å². The van der Waals surface area contributed by atoms with Gasteiger partial charge in [-0.2, -0.15) is 0 Å². The summed E-state index contributed by atoms with van der Waals surface area (Å²) in [4.78, 5) is 11.4. The minimum Gasteiger partial charge on any atom is -0.368 e. The first kappa shape index (κ1) is 11.5. The van der Waals surface area contributed by atoms with Crippen molar-refractivity contribution < 1.29 is 9.53 Å². The van der Waals surface area contributed by atoms with Crippen LogP contribution in [0, 0.1) is 0 Å². The average Bonchev–Trinajstić information content (AvgIpc) is 2.70. The highest BCUT2D eigenvalue weighted by molar-refractivity contribution is 5.80. The summed E-state index contributed by atoms with van der Waals surface area (Å²) < 4.78 is 5.26. The summed E-state index contributed by atoms with van der Waals surface area (Å²) in [5, 5.41) is 2.85. The molecule has 4 heteroatoms. The molecule has 0 aromatic carbocycles. The standard InChI is InChI=1S/C10H20N2O2/c1-2-8(11)5-6-12-10(13)9-4-3-7-14-9/h8-9H,2-7,11H2,1H3,(H,12,13). The normalized spacial score (nSPS) is 23.4. The molecule has 0 aromatic rings. The van der Waals surface area contributed by atoms with Crippen LogP contribution in [-0.2, 0) is 9.53 Å². The second kappa shape index (κ2) is 5.98. The molecule has 0 radical (unpaired) electrons. The second-order valence-corrected chi connectivity index (χ2v) is 3.75. The lowest BCUT2D eigenvalue weighted by atomic mass is 10.1. The fourth-order valence-corrected chi connectivity index (χ4v) is 1.48. The van der Waals surface area contributed by atoms with Crippen LogP contribution in [0.2, 0.25) is 0 Å². The fraction of sp³-hybridized carbons (Fsp3) is 0.900. The number of rotatable bonds is 5. The van der Waals surface area contributed by atoms with Gasteiger partial charge in [-0.3, -0.25) is 4.79 Å². The highest BCUT2D eigenvalue weighted by atomic mass is 16.5. The number of amides is 1. The van der Waals surface area contributed by atoms with E-state index in [1.807, 2.05) is 6.92 Å². The van der Waals surface area contributed by atoms with Crippen LogP contribution in [0.1, 0.15) is 32.6 Å². The van der Waals surface area contributed by atoms with Gasteiger partial charge in [-0.05, 0) is 25.7 Å². The lowest BCUT2D eigenvalue weighted by molar-refractivity contribution is -0.130. The van der Waals surface area contributed by atoms with Crippen molar-refractivity contribution in [3.8, 4) is 0 Å². The maximum atomic E-state index is 11.4. The van der Waals surface area contributed by atoms with Crippen molar-refractivity contribution in [3.63, 3.8) is 0 Å². The number of nitrogens with two attached hydrogens (primary N) is 1. The molecule has 0 spiro atoms. The first-order chi connectivity index (χ1) is 6.74. The maximum Gasteiger partial charge on any atom is 0.249 e. The summed E-state index contributed by atoms with van der Waals surface area (Å²) in [6.07, 6.45) is 3.43. The molecule has 14 heavy (non-hydrogen) atoms. The van der Waals surface area contributed by atoms with Crippen molar-refractivity contribution in [1.82, 2.24) is 5.32 Å².